The fraction of sp³-hybridized carbons (Fsp3) is 0.440. The van der Waals surface area contributed by atoms with E-state index in [0.717, 1.165) is 16.9 Å². The van der Waals surface area contributed by atoms with Gasteiger partial charge in [0.05, 0.1) is 32.0 Å². The van der Waals surface area contributed by atoms with Crippen LogP contribution in [0.3, 0.4) is 0 Å². The monoisotopic (exact) mass is 468 g/mol. The summed E-state index contributed by atoms with van der Waals surface area (Å²) >= 11 is 0. The summed E-state index contributed by atoms with van der Waals surface area (Å²) in [6.45, 7) is 4.51. The van der Waals surface area contributed by atoms with Crippen LogP contribution in [0, 0.1) is 5.92 Å². The summed E-state index contributed by atoms with van der Waals surface area (Å²) in [5.41, 5.74) is 1.23. The molecule has 1 heterocycles. The molecule has 2 atom stereocenters. The second-order valence-corrected chi connectivity index (χ2v) is 9.05. The molecule has 0 aliphatic carbocycles. The predicted octanol–water partition coefficient (Wildman–Crippen LogP) is 2.51. The molecule has 0 bridgehead atoms. The minimum atomic E-state index is -1.67. The largest absolute Gasteiger partial charge is 0.497 e. The van der Waals surface area contributed by atoms with Crippen LogP contribution < -0.4 is 10.1 Å². The first-order valence-electron chi connectivity index (χ1n) is 11.5. The number of methoxy groups -OCH3 is 1. The van der Waals surface area contributed by atoms with E-state index in [1.807, 2.05) is 68.4 Å². The first-order chi connectivity index (χ1) is 16.3. The van der Waals surface area contributed by atoms with E-state index in [2.05, 4.69) is 10.5 Å². The van der Waals surface area contributed by atoms with Crippen molar-refractivity contribution >= 4 is 18.7 Å². The second kappa shape index (κ2) is 12.0. The lowest BCUT2D eigenvalue weighted by atomic mass is 9.74. The molecule has 182 valence electrons. The van der Waals surface area contributed by atoms with Crippen molar-refractivity contribution in [1.29, 1.82) is 0 Å². The summed E-state index contributed by atoms with van der Waals surface area (Å²) in [4.78, 5) is 19.1. The minimum Gasteiger partial charge on any atom is -0.497 e. The highest BCUT2D eigenvalue weighted by atomic mass is 16.7. The molecule has 1 aliphatic heterocycles. The van der Waals surface area contributed by atoms with Gasteiger partial charge in [-0.15, -0.1) is 0 Å². The number of rotatable bonds is 12. The number of oxime groups is 1. The molecule has 0 saturated carbocycles. The SMILES string of the molecule is COc1ccc(COCC2=NOC(Cc3ccccc3)(C(=O)N[C@@H](CC(C)C)B(O)O)C2)cc1. The van der Waals surface area contributed by atoms with Crippen molar-refractivity contribution < 1.29 is 29.2 Å². The number of benzene rings is 2. The Bertz CT molecular complexity index is 952. The molecule has 0 radical (unpaired) electrons. The van der Waals surface area contributed by atoms with Gasteiger partial charge in [-0.2, -0.15) is 0 Å². The first-order valence-corrected chi connectivity index (χ1v) is 11.5. The fourth-order valence-electron chi connectivity index (χ4n) is 3.92. The zero-order valence-corrected chi connectivity index (χ0v) is 19.9. The van der Waals surface area contributed by atoms with E-state index in [9.17, 15) is 14.8 Å². The van der Waals surface area contributed by atoms with Crippen LogP contribution in [-0.4, -0.2) is 54.0 Å². The summed E-state index contributed by atoms with van der Waals surface area (Å²) in [6.07, 6.45) is 0.955. The summed E-state index contributed by atoms with van der Waals surface area (Å²) in [7, 11) is -0.0526. The summed E-state index contributed by atoms with van der Waals surface area (Å²) in [5, 5.41) is 26.5. The number of carbonyl (C=O) groups excluding carboxylic acids is 1. The van der Waals surface area contributed by atoms with E-state index >= 15 is 0 Å². The van der Waals surface area contributed by atoms with Crippen molar-refractivity contribution in [2.24, 2.45) is 11.1 Å². The van der Waals surface area contributed by atoms with Crippen LogP contribution in [0.2, 0.25) is 0 Å². The van der Waals surface area contributed by atoms with Crippen LogP contribution >= 0.6 is 0 Å². The van der Waals surface area contributed by atoms with E-state index < -0.39 is 24.6 Å². The maximum absolute atomic E-state index is 13.4. The highest BCUT2D eigenvalue weighted by Crippen LogP contribution is 2.30. The maximum Gasteiger partial charge on any atom is 0.475 e. The van der Waals surface area contributed by atoms with Gasteiger partial charge < -0.3 is 29.7 Å². The predicted molar refractivity (Wildman–Crippen MR) is 130 cm³/mol. The Hall–Kier alpha value is -2.88. The van der Waals surface area contributed by atoms with Crippen LogP contribution in [-0.2, 0) is 27.4 Å². The van der Waals surface area contributed by atoms with Gasteiger partial charge >= 0.3 is 7.12 Å². The van der Waals surface area contributed by atoms with Crippen LogP contribution in [0.5, 0.6) is 5.75 Å². The van der Waals surface area contributed by atoms with E-state index in [1.165, 1.54) is 0 Å². The van der Waals surface area contributed by atoms with E-state index in [0.29, 0.717) is 25.2 Å². The molecule has 0 aromatic heterocycles. The average molecular weight is 468 g/mol. The molecule has 1 amide bonds. The highest BCUT2D eigenvalue weighted by molar-refractivity contribution is 6.43. The van der Waals surface area contributed by atoms with E-state index in [4.69, 9.17) is 14.3 Å². The van der Waals surface area contributed by atoms with Crippen molar-refractivity contribution in [2.75, 3.05) is 13.7 Å². The minimum absolute atomic E-state index is 0.167. The zero-order chi connectivity index (χ0) is 24.6. The standard InChI is InChI=1S/C25H33BN2O6/c1-18(2)13-23(26(30)31)27-24(29)25(14-19-7-5-4-6-8-19)15-21(28-34-25)17-33-16-20-9-11-22(32-3)12-10-20/h4-12,18,23,30-31H,13-17H2,1-3H3,(H,27,29)/t23-,25?/m0/s1. The third-order valence-electron chi connectivity index (χ3n) is 5.68. The Balaban J connectivity index is 1.66. The van der Waals surface area contributed by atoms with Gasteiger partial charge in [0.15, 0.2) is 0 Å². The molecule has 1 unspecified atom stereocenters. The normalized spacial score (nSPS) is 18.2. The van der Waals surface area contributed by atoms with Gasteiger partial charge in [0.25, 0.3) is 5.91 Å². The molecule has 34 heavy (non-hydrogen) atoms. The Morgan fingerprint density at radius 2 is 1.82 bits per heavy atom. The fourth-order valence-corrected chi connectivity index (χ4v) is 3.92. The molecule has 3 N–H and O–H groups in total. The average Bonchev–Trinajstić information content (AvgIpc) is 3.23. The van der Waals surface area contributed by atoms with Crippen LogP contribution in [0.25, 0.3) is 0 Å². The van der Waals surface area contributed by atoms with Gasteiger partial charge in [0.1, 0.15) is 5.75 Å². The number of hydrogen-bond acceptors (Lipinski definition) is 7. The van der Waals surface area contributed by atoms with Gasteiger partial charge in [-0.3, -0.25) is 4.79 Å². The van der Waals surface area contributed by atoms with E-state index in [1.54, 1.807) is 7.11 Å². The third kappa shape index (κ3) is 7.06. The Morgan fingerprint density at radius 1 is 1.12 bits per heavy atom. The molecule has 9 heteroatoms. The van der Waals surface area contributed by atoms with Crippen molar-refractivity contribution in [3.05, 3.63) is 65.7 Å². The van der Waals surface area contributed by atoms with Crippen molar-refractivity contribution in [3.63, 3.8) is 0 Å². The summed E-state index contributed by atoms with van der Waals surface area (Å²) in [5.74, 6) is -0.291. The van der Waals surface area contributed by atoms with Crippen LogP contribution in [0.15, 0.2) is 59.8 Å². The second-order valence-electron chi connectivity index (χ2n) is 9.05. The lowest BCUT2D eigenvalue weighted by molar-refractivity contribution is -0.144. The van der Waals surface area contributed by atoms with Crippen LogP contribution in [0.4, 0.5) is 0 Å². The molecule has 2 aromatic carbocycles. The number of hydrogen-bond donors (Lipinski definition) is 3. The number of ether oxygens (including phenoxy) is 2. The van der Waals surface area contributed by atoms with Gasteiger partial charge in [-0.25, -0.2) is 0 Å². The van der Waals surface area contributed by atoms with Crippen molar-refractivity contribution in [1.82, 2.24) is 5.32 Å². The van der Waals surface area contributed by atoms with Gasteiger partial charge in [0, 0.05) is 12.8 Å². The molecule has 1 aliphatic rings. The Morgan fingerprint density at radius 3 is 2.44 bits per heavy atom. The Labute approximate surface area is 201 Å². The molecule has 0 spiro atoms. The molecular formula is C25H33BN2O6. The molecule has 0 saturated heterocycles. The van der Waals surface area contributed by atoms with E-state index in [-0.39, 0.29) is 18.9 Å². The molecule has 0 fully saturated rings. The third-order valence-corrected chi connectivity index (χ3v) is 5.68. The summed E-state index contributed by atoms with van der Waals surface area (Å²) < 4.78 is 11.0. The van der Waals surface area contributed by atoms with Gasteiger partial charge in [0.2, 0.25) is 5.60 Å². The lowest BCUT2D eigenvalue weighted by Gasteiger charge is -2.29. The summed E-state index contributed by atoms with van der Waals surface area (Å²) in [6, 6.07) is 17.1. The lowest BCUT2D eigenvalue weighted by Crippen LogP contribution is -2.56. The van der Waals surface area contributed by atoms with Gasteiger partial charge in [-0.1, -0.05) is 61.5 Å². The first kappa shape index (κ1) is 25.7. The van der Waals surface area contributed by atoms with Crippen LogP contribution in [0.1, 0.15) is 37.8 Å². The molecular weight excluding hydrogens is 435 g/mol. The molecule has 2 aromatic rings. The molecule has 3 rings (SSSR count). The zero-order valence-electron chi connectivity index (χ0n) is 19.9. The van der Waals surface area contributed by atoms with Crippen molar-refractivity contribution in [3.8, 4) is 5.75 Å². The number of amides is 1. The number of nitrogens with zero attached hydrogens (tertiary/aromatic N) is 1. The number of carbonyl (C=O) groups is 1. The highest BCUT2D eigenvalue weighted by Gasteiger charge is 2.48. The molecule has 8 nitrogen and oxygen atoms in total. The smallest absolute Gasteiger partial charge is 0.475 e. The van der Waals surface area contributed by atoms with Gasteiger partial charge in [-0.05, 0) is 35.6 Å². The maximum atomic E-state index is 13.4. The topological polar surface area (TPSA) is 110 Å². The number of nitrogens with one attached hydrogen (secondary N) is 1. The Kier molecular flexibility index (Phi) is 9.09. The quantitative estimate of drug-likeness (QED) is 0.413. The van der Waals surface area contributed by atoms with Crippen molar-refractivity contribution in [2.45, 2.75) is 51.3 Å².